The lowest BCUT2D eigenvalue weighted by atomic mass is 10.2. The lowest BCUT2D eigenvalue weighted by Gasteiger charge is -2.18. The number of aliphatic hydroxyl groups excluding tert-OH is 4. The number of nitrogen functional groups attached to an aromatic ring is 1. The quantitative estimate of drug-likeness (QED) is 0.334. The summed E-state index contributed by atoms with van der Waals surface area (Å²) in [5, 5.41) is 40.4. The summed E-state index contributed by atoms with van der Waals surface area (Å²) in [6.07, 6.45) is -0.852. The van der Waals surface area contributed by atoms with Gasteiger partial charge in [0.15, 0.2) is 5.13 Å². The highest BCUT2D eigenvalue weighted by molar-refractivity contribution is 7.22. The number of anilines is 3. The summed E-state index contributed by atoms with van der Waals surface area (Å²) in [6, 6.07) is 3.52. The first kappa shape index (κ1) is 17.7. The summed E-state index contributed by atoms with van der Waals surface area (Å²) in [7, 11) is 0. The van der Waals surface area contributed by atoms with Gasteiger partial charge in [-0.1, -0.05) is 11.3 Å². The minimum atomic E-state index is -0.852. The highest BCUT2D eigenvalue weighted by Gasteiger charge is 2.16. The van der Waals surface area contributed by atoms with Crippen molar-refractivity contribution in [1.29, 1.82) is 0 Å². The predicted molar refractivity (Wildman–Crippen MR) is 92.0 cm³/mol. The van der Waals surface area contributed by atoms with E-state index in [1.165, 1.54) is 11.3 Å². The third-order valence-corrected chi connectivity index (χ3v) is 4.46. The molecule has 1 unspecified atom stereocenters. The van der Waals surface area contributed by atoms with Crippen LogP contribution in [0.5, 0.6) is 0 Å². The van der Waals surface area contributed by atoms with Crippen molar-refractivity contribution >= 4 is 38.1 Å². The molecule has 0 radical (unpaired) electrons. The lowest BCUT2D eigenvalue weighted by molar-refractivity contribution is 0.105. The number of aromatic nitrogens is 1. The smallest absolute Gasteiger partial charge is 0.186 e. The first-order valence-corrected chi connectivity index (χ1v) is 8.10. The van der Waals surface area contributed by atoms with E-state index in [0.717, 1.165) is 10.4 Å². The van der Waals surface area contributed by atoms with Crippen LogP contribution < -0.4 is 16.0 Å². The van der Waals surface area contributed by atoms with Crippen molar-refractivity contribution in [2.24, 2.45) is 0 Å². The molecule has 2 rings (SSSR count). The van der Waals surface area contributed by atoms with E-state index in [4.69, 9.17) is 21.1 Å². The molecule has 0 saturated carbocycles. The standard InChI is InChI=1S/C14H22N4O4S/c15-10-1-2-11(16-7-9(22)8-21)13-12(10)17-14(23-13)18(3-5-19)4-6-20/h1-2,9,16,19-22H,3-8,15H2. The average Bonchev–Trinajstić information content (AvgIpc) is 3.00. The zero-order chi connectivity index (χ0) is 16.8. The molecule has 0 saturated heterocycles. The van der Waals surface area contributed by atoms with Crippen LogP contribution in [0.15, 0.2) is 12.1 Å². The van der Waals surface area contributed by atoms with E-state index in [0.29, 0.717) is 29.4 Å². The molecule has 2 aromatic rings. The molecule has 23 heavy (non-hydrogen) atoms. The van der Waals surface area contributed by atoms with Gasteiger partial charge >= 0.3 is 0 Å². The maximum absolute atomic E-state index is 9.47. The van der Waals surface area contributed by atoms with E-state index in [9.17, 15) is 5.11 Å². The predicted octanol–water partition coefficient (Wildman–Crippen LogP) is -0.565. The minimum Gasteiger partial charge on any atom is -0.397 e. The molecule has 0 aliphatic heterocycles. The van der Waals surface area contributed by atoms with E-state index in [-0.39, 0.29) is 26.4 Å². The molecule has 8 nitrogen and oxygen atoms in total. The molecule has 1 aromatic heterocycles. The average molecular weight is 342 g/mol. The summed E-state index contributed by atoms with van der Waals surface area (Å²) in [5.74, 6) is 0. The van der Waals surface area contributed by atoms with E-state index in [2.05, 4.69) is 10.3 Å². The number of nitrogens with two attached hydrogens (primary N) is 1. The fraction of sp³-hybridized carbons (Fsp3) is 0.500. The van der Waals surface area contributed by atoms with Gasteiger partial charge in [0.25, 0.3) is 0 Å². The minimum absolute atomic E-state index is 0.0425. The first-order chi connectivity index (χ1) is 11.1. The Balaban J connectivity index is 2.34. The first-order valence-electron chi connectivity index (χ1n) is 7.29. The third kappa shape index (κ3) is 4.21. The Morgan fingerprint density at radius 2 is 1.91 bits per heavy atom. The maximum Gasteiger partial charge on any atom is 0.186 e. The van der Waals surface area contributed by atoms with Gasteiger partial charge in [-0.3, -0.25) is 0 Å². The Kier molecular flexibility index (Phi) is 6.37. The maximum atomic E-state index is 9.47. The van der Waals surface area contributed by atoms with Crippen molar-refractivity contribution in [2.45, 2.75) is 6.10 Å². The topological polar surface area (TPSA) is 135 Å². The largest absolute Gasteiger partial charge is 0.397 e. The molecule has 128 valence electrons. The number of nitrogens with zero attached hydrogens (tertiary/aromatic N) is 2. The van der Waals surface area contributed by atoms with Crippen LogP contribution in [0, 0.1) is 0 Å². The van der Waals surface area contributed by atoms with Gasteiger partial charge < -0.3 is 36.4 Å². The molecule has 7 N–H and O–H groups in total. The van der Waals surface area contributed by atoms with Crippen molar-refractivity contribution in [1.82, 2.24) is 4.98 Å². The second-order valence-corrected chi connectivity index (χ2v) is 6.01. The monoisotopic (exact) mass is 342 g/mol. The van der Waals surface area contributed by atoms with Crippen LogP contribution in [0.4, 0.5) is 16.5 Å². The molecule has 1 heterocycles. The number of hydrogen-bond acceptors (Lipinski definition) is 9. The van der Waals surface area contributed by atoms with Crippen LogP contribution in [0.3, 0.4) is 0 Å². The number of benzene rings is 1. The summed E-state index contributed by atoms with van der Waals surface area (Å²) in [4.78, 5) is 6.29. The van der Waals surface area contributed by atoms with Crippen molar-refractivity contribution in [3.8, 4) is 0 Å². The number of nitrogens with one attached hydrogen (secondary N) is 1. The zero-order valence-corrected chi connectivity index (χ0v) is 13.5. The Hall–Kier alpha value is -1.65. The molecule has 1 atom stereocenters. The number of aliphatic hydroxyl groups is 4. The van der Waals surface area contributed by atoms with Gasteiger partial charge in [-0.2, -0.15) is 0 Å². The Morgan fingerprint density at radius 1 is 1.22 bits per heavy atom. The van der Waals surface area contributed by atoms with Gasteiger partial charge in [0.1, 0.15) is 5.52 Å². The lowest BCUT2D eigenvalue weighted by Crippen LogP contribution is -2.29. The molecule has 1 aromatic carbocycles. The summed E-state index contributed by atoms with van der Waals surface area (Å²) in [6.45, 7) is 0.538. The van der Waals surface area contributed by atoms with Crippen LogP contribution in [0.25, 0.3) is 10.2 Å². The summed E-state index contributed by atoms with van der Waals surface area (Å²) >= 11 is 1.39. The van der Waals surface area contributed by atoms with Crippen LogP contribution >= 0.6 is 11.3 Å². The van der Waals surface area contributed by atoms with Crippen LogP contribution in [0.1, 0.15) is 0 Å². The van der Waals surface area contributed by atoms with Gasteiger partial charge in [0, 0.05) is 19.6 Å². The Morgan fingerprint density at radius 3 is 2.52 bits per heavy atom. The molecule has 9 heteroatoms. The van der Waals surface area contributed by atoms with Gasteiger partial charge in [-0.15, -0.1) is 0 Å². The van der Waals surface area contributed by atoms with Crippen LogP contribution in [0.2, 0.25) is 0 Å². The van der Waals surface area contributed by atoms with Gasteiger partial charge in [-0.05, 0) is 12.1 Å². The molecule has 0 amide bonds. The fourth-order valence-corrected chi connectivity index (χ4v) is 3.27. The molecule has 0 spiro atoms. The van der Waals surface area contributed by atoms with Crippen molar-refractivity contribution in [2.75, 3.05) is 55.4 Å². The van der Waals surface area contributed by atoms with Crippen LogP contribution in [-0.4, -0.2) is 71.0 Å². The number of hydrogen-bond donors (Lipinski definition) is 6. The van der Waals surface area contributed by atoms with Gasteiger partial charge in [0.05, 0.1) is 42.0 Å². The molecule has 0 aliphatic carbocycles. The molecule has 0 fully saturated rings. The zero-order valence-electron chi connectivity index (χ0n) is 12.6. The normalized spacial score (nSPS) is 12.5. The second kappa shape index (κ2) is 8.27. The van der Waals surface area contributed by atoms with E-state index in [1.54, 1.807) is 17.0 Å². The molecule has 0 aliphatic rings. The summed E-state index contributed by atoms with van der Waals surface area (Å²) in [5.41, 5.74) is 7.91. The number of fused-ring (bicyclic) bond motifs is 1. The van der Waals surface area contributed by atoms with Crippen molar-refractivity contribution in [3.63, 3.8) is 0 Å². The van der Waals surface area contributed by atoms with Crippen LogP contribution in [-0.2, 0) is 0 Å². The van der Waals surface area contributed by atoms with E-state index < -0.39 is 6.10 Å². The second-order valence-electron chi connectivity index (χ2n) is 5.03. The van der Waals surface area contributed by atoms with Gasteiger partial charge in [0.2, 0.25) is 0 Å². The Labute approximate surface area is 137 Å². The summed E-state index contributed by atoms with van der Waals surface area (Å²) < 4.78 is 0.825. The van der Waals surface area contributed by atoms with Crippen molar-refractivity contribution < 1.29 is 20.4 Å². The SMILES string of the molecule is Nc1ccc(NCC(O)CO)c2sc(N(CCO)CCO)nc12. The van der Waals surface area contributed by atoms with Crippen molar-refractivity contribution in [3.05, 3.63) is 12.1 Å². The van der Waals surface area contributed by atoms with E-state index >= 15 is 0 Å². The molecule has 0 bridgehead atoms. The van der Waals surface area contributed by atoms with Gasteiger partial charge in [-0.25, -0.2) is 4.98 Å². The molecular formula is C14H22N4O4S. The number of thiazole rings is 1. The highest BCUT2D eigenvalue weighted by atomic mass is 32.1. The number of rotatable bonds is 9. The fourth-order valence-electron chi connectivity index (χ4n) is 2.13. The third-order valence-electron chi connectivity index (χ3n) is 3.31. The Bertz CT molecular complexity index is 631. The highest BCUT2D eigenvalue weighted by Crippen LogP contribution is 2.37. The van der Waals surface area contributed by atoms with E-state index in [1.807, 2.05) is 0 Å². The molecular weight excluding hydrogens is 320 g/mol.